The van der Waals surface area contributed by atoms with Gasteiger partial charge in [0, 0.05) is 6.54 Å². The molecule has 0 atom stereocenters. The van der Waals surface area contributed by atoms with E-state index in [9.17, 15) is 26.4 Å². The van der Waals surface area contributed by atoms with Gasteiger partial charge in [-0.1, -0.05) is 6.92 Å². The molecule has 0 unspecified atom stereocenters. The molecule has 0 saturated carbocycles. The van der Waals surface area contributed by atoms with Gasteiger partial charge in [0.15, 0.2) is 17.5 Å². The van der Waals surface area contributed by atoms with Crippen LogP contribution in [-0.2, 0) is 14.8 Å². The standard InChI is InChI=1S/C11H13F3N2O3S/c1-2-5-15-9(17)6-16-20(18,19)8-4-3-7(12)10(13)11(8)14/h3-4,16H,2,5-6H2,1H3,(H,15,17). The largest absolute Gasteiger partial charge is 0.355 e. The highest BCUT2D eigenvalue weighted by Crippen LogP contribution is 2.19. The number of benzene rings is 1. The van der Waals surface area contributed by atoms with Gasteiger partial charge in [-0.15, -0.1) is 0 Å². The average molecular weight is 310 g/mol. The maximum absolute atomic E-state index is 13.4. The van der Waals surface area contributed by atoms with E-state index in [0.29, 0.717) is 25.1 Å². The zero-order chi connectivity index (χ0) is 15.3. The molecule has 0 bridgehead atoms. The third-order valence-electron chi connectivity index (χ3n) is 2.28. The lowest BCUT2D eigenvalue weighted by molar-refractivity contribution is -0.119. The number of sulfonamides is 1. The molecular formula is C11H13F3N2O3S. The predicted octanol–water partition coefficient (Wildman–Crippen LogP) is 0.908. The molecule has 1 amide bonds. The van der Waals surface area contributed by atoms with E-state index in [1.54, 1.807) is 11.6 Å². The molecule has 20 heavy (non-hydrogen) atoms. The first kappa shape index (κ1) is 16.4. The summed E-state index contributed by atoms with van der Waals surface area (Å²) in [6.45, 7) is 1.54. The van der Waals surface area contributed by atoms with E-state index < -0.39 is 44.8 Å². The number of halogens is 3. The zero-order valence-electron chi connectivity index (χ0n) is 10.5. The number of amides is 1. The SMILES string of the molecule is CCCNC(=O)CNS(=O)(=O)c1ccc(F)c(F)c1F. The van der Waals surface area contributed by atoms with Crippen LogP contribution >= 0.6 is 0 Å². The Labute approximate surface area is 114 Å². The smallest absolute Gasteiger partial charge is 0.244 e. The maximum atomic E-state index is 13.4. The highest BCUT2D eigenvalue weighted by atomic mass is 32.2. The van der Waals surface area contributed by atoms with Crippen molar-refractivity contribution in [2.45, 2.75) is 18.2 Å². The van der Waals surface area contributed by atoms with Gasteiger partial charge >= 0.3 is 0 Å². The first-order valence-corrected chi connectivity index (χ1v) is 7.17. The van der Waals surface area contributed by atoms with Gasteiger partial charge in [-0.05, 0) is 18.6 Å². The monoisotopic (exact) mass is 310 g/mol. The fourth-order valence-corrected chi connectivity index (χ4v) is 2.33. The molecule has 1 rings (SSSR count). The molecule has 112 valence electrons. The first-order chi connectivity index (χ1) is 9.29. The van der Waals surface area contributed by atoms with Crippen molar-refractivity contribution in [1.82, 2.24) is 10.0 Å². The second kappa shape index (κ2) is 6.71. The molecule has 0 heterocycles. The number of hydrogen-bond donors (Lipinski definition) is 2. The molecule has 9 heteroatoms. The van der Waals surface area contributed by atoms with Crippen molar-refractivity contribution in [3.63, 3.8) is 0 Å². The Hall–Kier alpha value is -1.61. The molecular weight excluding hydrogens is 297 g/mol. The van der Waals surface area contributed by atoms with E-state index in [2.05, 4.69) is 5.32 Å². The van der Waals surface area contributed by atoms with Crippen LogP contribution in [0.4, 0.5) is 13.2 Å². The van der Waals surface area contributed by atoms with Crippen molar-refractivity contribution in [1.29, 1.82) is 0 Å². The van der Waals surface area contributed by atoms with Crippen LogP contribution in [0.15, 0.2) is 17.0 Å². The Morgan fingerprint density at radius 3 is 2.45 bits per heavy atom. The van der Waals surface area contributed by atoms with Crippen molar-refractivity contribution in [3.8, 4) is 0 Å². The van der Waals surface area contributed by atoms with Gasteiger partial charge in [0.1, 0.15) is 4.90 Å². The fraction of sp³-hybridized carbons (Fsp3) is 0.364. The average Bonchev–Trinajstić information content (AvgIpc) is 2.40. The summed E-state index contributed by atoms with van der Waals surface area (Å²) < 4.78 is 64.2. The Bertz CT molecular complexity index is 605. The third kappa shape index (κ3) is 3.94. The summed E-state index contributed by atoms with van der Waals surface area (Å²) in [5.74, 6) is -5.82. The Kier molecular flexibility index (Phi) is 5.52. The van der Waals surface area contributed by atoms with E-state index in [4.69, 9.17) is 0 Å². The van der Waals surface area contributed by atoms with Gasteiger partial charge < -0.3 is 5.32 Å². The molecule has 1 aromatic carbocycles. The lowest BCUT2D eigenvalue weighted by atomic mass is 10.3. The molecule has 0 saturated heterocycles. The van der Waals surface area contributed by atoms with E-state index >= 15 is 0 Å². The van der Waals surface area contributed by atoms with Crippen molar-refractivity contribution < 1.29 is 26.4 Å². The summed E-state index contributed by atoms with van der Waals surface area (Å²) in [6.07, 6.45) is 0.663. The minimum atomic E-state index is -4.44. The predicted molar refractivity (Wildman–Crippen MR) is 64.8 cm³/mol. The second-order valence-corrected chi connectivity index (χ2v) is 5.58. The summed E-state index contributed by atoms with van der Waals surface area (Å²) in [4.78, 5) is 10.2. The summed E-state index contributed by atoms with van der Waals surface area (Å²) in [5, 5.41) is 2.40. The number of rotatable bonds is 6. The third-order valence-corrected chi connectivity index (χ3v) is 3.70. The van der Waals surface area contributed by atoms with Gasteiger partial charge in [-0.2, -0.15) is 0 Å². The van der Waals surface area contributed by atoms with Crippen LogP contribution in [0, 0.1) is 17.5 Å². The van der Waals surface area contributed by atoms with Crippen molar-refractivity contribution in [2.75, 3.05) is 13.1 Å². The van der Waals surface area contributed by atoms with Crippen LogP contribution in [0.2, 0.25) is 0 Å². The zero-order valence-corrected chi connectivity index (χ0v) is 11.4. The van der Waals surface area contributed by atoms with Crippen molar-refractivity contribution in [3.05, 3.63) is 29.6 Å². The highest BCUT2D eigenvalue weighted by molar-refractivity contribution is 7.89. The van der Waals surface area contributed by atoms with E-state index in [1.807, 2.05) is 0 Å². The number of hydrogen-bond acceptors (Lipinski definition) is 3. The molecule has 2 N–H and O–H groups in total. The van der Waals surface area contributed by atoms with E-state index in [1.165, 1.54) is 0 Å². The molecule has 1 aromatic rings. The number of carbonyl (C=O) groups excluding carboxylic acids is 1. The second-order valence-electron chi connectivity index (χ2n) is 3.85. The van der Waals surface area contributed by atoms with Crippen LogP contribution in [0.3, 0.4) is 0 Å². The summed E-state index contributed by atoms with van der Waals surface area (Å²) in [7, 11) is -4.44. The molecule has 0 fully saturated rings. The minimum absolute atomic E-state index is 0.361. The van der Waals surface area contributed by atoms with Gasteiger partial charge in [0.2, 0.25) is 15.9 Å². The van der Waals surface area contributed by atoms with Crippen LogP contribution < -0.4 is 10.0 Å². The Morgan fingerprint density at radius 2 is 1.85 bits per heavy atom. The minimum Gasteiger partial charge on any atom is -0.355 e. The van der Waals surface area contributed by atoms with Crippen LogP contribution in [0.25, 0.3) is 0 Å². The summed E-state index contributed by atoms with van der Waals surface area (Å²) in [5.41, 5.74) is 0. The molecule has 0 aromatic heterocycles. The maximum Gasteiger partial charge on any atom is 0.244 e. The van der Waals surface area contributed by atoms with E-state index in [0.717, 1.165) is 0 Å². The number of carbonyl (C=O) groups is 1. The van der Waals surface area contributed by atoms with Crippen LogP contribution in [0.1, 0.15) is 13.3 Å². The normalized spacial score (nSPS) is 11.4. The van der Waals surface area contributed by atoms with E-state index in [-0.39, 0.29) is 0 Å². The molecule has 0 aliphatic carbocycles. The van der Waals surface area contributed by atoms with Gasteiger partial charge in [0.05, 0.1) is 6.54 Å². The van der Waals surface area contributed by atoms with Gasteiger partial charge in [-0.3, -0.25) is 4.79 Å². The molecule has 0 aliphatic heterocycles. The first-order valence-electron chi connectivity index (χ1n) is 5.69. The quantitative estimate of drug-likeness (QED) is 0.767. The van der Waals surface area contributed by atoms with Crippen LogP contribution in [-0.4, -0.2) is 27.4 Å². The van der Waals surface area contributed by atoms with Gasteiger partial charge in [0.25, 0.3) is 0 Å². The summed E-state index contributed by atoms with van der Waals surface area (Å²) >= 11 is 0. The molecule has 0 radical (unpaired) electrons. The van der Waals surface area contributed by atoms with Crippen molar-refractivity contribution >= 4 is 15.9 Å². The number of nitrogens with one attached hydrogen (secondary N) is 2. The highest BCUT2D eigenvalue weighted by Gasteiger charge is 2.24. The Balaban J connectivity index is 2.85. The topological polar surface area (TPSA) is 75.3 Å². The molecule has 5 nitrogen and oxygen atoms in total. The van der Waals surface area contributed by atoms with Gasteiger partial charge in [-0.25, -0.2) is 26.3 Å². The molecule has 0 aliphatic rings. The Morgan fingerprint density at radius 1 is 1.20 bits per heavy atom. The lowest BCUT2D eigenvalue weighted by Crippen LogP contribution is -2.37. The van der Waals surface area contributed by atoms with Crippen LogP contribution in [0.5, 0.6) is 0 Å². The van der Waals surface area contributed by atoms with Crippen molar-refractivity contribution in [2.24, 2.45) is 0 Å². The fourth-order valence-electron chi connectivity index (χ4n) is 1.28. The summed E-state index contributed by atoms with van der Waals surface area (Å²) in [6, 6.07) is 1.07. The molecule has 0 spiro atoms. The lowest BCUT2D eigenvalue weighted by Gasteiger charge is -2.08.